The number of benzene rings is 2. The first-order valence-electron chi connectivity index (χ1n) is 9.93. The van der Waals surface area contributed by atoms with Gasteiger partial charge in [-0.2, -0.15) is 0 Å². The number of aromatic nitrogens is 1. The lowest BCUT2D eigenvalue weighted by molar-refractivity contribution is 0.0535. The Bertz CT molecular complexity index is 995. The number of rotatable bonds is 3. The zero-order chi connectivity index (χ0) is 20.4. The van der Waals surface area contributed by atoms with E-state index in [-0.39, 0.29) is 11.8 Å². The zero-order valence-corrected chi connectivity index (χ0v) is 16.8. The number of piperazine rings is 1. The zero-order valence-electron chi connectivity index (χ0n) is 16.8. The lowest BCUT2D eigenvalue weighted by Crippen LogP contribution is -2.50. The molecule has 0 unspecified atom stereocenters. The van der Waals surface area contributed by atoms with E-state index in [0.717, 1.165) is 5.69 Å². The van der Waals surface area contributed by atoms with Crippen molar-refractivity contribution < 1.29 is 9.59 Å². The highest BCUT2D eigenvalue weighted by molar-refractivity contribution is 5.96. The van der Waals surface area contributed by atoms with Crippen LogP contribution in [-0.2, 0) is 0 Å². The van der Waals surface area contributed by atoms with Crippen molar-refractivity contribution in [3.8, 4) is 5.69 Å². The summed E-state index contributed by atoms with van der Waals surface area (Å²) in [4.78, 5) is 29.1. The Hall–Kier alpha value is -3.34. The van der Waals surface area contributed by atoms with E-state index in [0.29, 0.717) is 37.3 Å². The van der Waals surface area contributed by atoms with Crippen molar-refractivity contribution >= 4 is 11.8 Å². The Balaban J connectivity index is 1.40. The van der Waals surface area contributed by atoms with E-state index in [1.165, 1.54) is 11.4 Å². The number of hydrogen-bond acceptors (Lipinski definition) is 2. The van der Waals surface area contributed by atoms with Gasteiger partial charge in [-0.15, -0.1) is 0 Å². The summed E-state index contributed by atoms with van der Waals surface area (Å²) in [6.07, 6.45) is 0. The second-order valence-electron chi connectivity index (χ2n) is 7.45. The minimum absolute atomic E-state index is 0.0179. The van der Waals surface area contributed by atoms with Gasteiger partial charge >= 0.3 is 0 Å². The van der Waals surface area contributed by atoms with E-state index in [9.17, 15) is 9.59 Å². The summed E-state index contributed by atoms with van der Waals surface area (Å²) in [5.41, 5.74) is 4.76. The van der Waals surface area contributed by atoms with Gasteiger partial charge in [0.2, 0.25) is 0 Å². The van der Waals surface area contributed by atoms with Crippen LogP contribution in [0.1, 0.15) is 32.1 Å². The first-order chi connectivity index (χ1) is 14.0. The van der Waals surface area contributed by atoms with E-state index in [1.54, 1.807) is 0 Å². The summed E-state index contributed by atoms with van der Waals surface area (Å²) >= 11 is 0. The standard InChI is InChI=1S/C24H25N3O2/c1-18-8-9-19(2)27(18)22-12-10-21(11-13-22)24(29)26-16-14-25(15-17-26)23(28)20-6-4-3-5-7-20/h3-13H,14-17H2,1-2H3. The molecule has 0 saturated carbocycles. The van der Waals surface area contributed by atoms with Gasteiger partial charge in [0.1, 0.15) is 0 Å². The van der Waals surface area contributed by atoms with Gasteiger partial charge in [-0.05, 0) is 62.4 Å². The summed E-state index contributed by atoms with van der Waals surface area (Å²) in [7, 11) is 0. The molecule has 29 heavy (non-hydrogen) atoms. The molecule has 0 atom stereocenters. The molecular weight excluding hydrogens is 362 g/mol. The second kappa shape index (κ2) is 7.95. The summed E-state index contributed by atoms with van der Waals surface area (Å²) in [6, 6.07) is 21.2. The third-order valence-corrected chi connectivity index (χ3v) is 5.52. The Labute approximate surface area is 171 Å². The smallest absolute Gasteiger partial charge is 0.253 e. The molecule has 0 bridgehead atoms. The van der Waals surface area contributed by atoms with Crippen LogP contribution in [0.15, 0.2) is 66.7 Å². The normalized spacial score (nSPS) is 14.1. The first kappa shape index (κ1) is 19.0. The van der Waals surface area contributed by atoms with Crippen LogP contribution in [-0.4, -0.2) is 52.4 Å². The number of aryl methyl sites for hydroxylation is 2. The van der Waals surface area contributed by atoms with Crippen LogP contribution in [0.25, 0.3) is 5.69 Å². The predicted octanol–water partition coefficient (Wildman–Crippen LogP) is 3.69. The van der Waals surface area contributed by atoms with E-state index < -0.39 is 0 Å². The average Bonchev–Trinajstić information content (AvgIpc) is 3.11. The van der Waals surface area contributed by atoms with Crippen molar-refractivity contribution in [3.05, 3.63) is 89.2 Å². The molecule has 2 aromatic carbocycles. The molecule has 5 heteroatoms. The number of carbonyl (C=O) groups is 2. The molecule has 1 aromatic heterocycles. The van der Waals surface area contributed by atoms with Crippen molar-refractivity contribution in [3.63, 3.8) is 0 Å². The number of amides is 2. The summed E-state index contributed by atoms with van der Waals surface area (Å²) in [6.45, 7) is 6.35. The fourth-order valence-corrected chi connectivity index (χ4v) is 3.89. The molecule has 1 saturated heterocycles. The van der Waals surface area contributed by atoms with Gasteiger partial charge in [0, 0.05) is 54.4 Å². The Morgan fingerprint density at radius 1 is 0.621 bits per heavy atom. The van der Waals surface area contributed by atoms with Crippen molar-refractivity contribution in [1.82, 2.24) is 14.4 Å². The Morgan fingerprint density at radius 3 is 1.55 bits per heavy atom. The van der Waals surface area contributed by atoms with Crippen LogP contribution in [0, 0.1) is 13.8 Å². The van der Waals surface area contributed by atoms with Crippen LogP contribution in [0.5, 0.6) is 0 Å². The summed E-state index contributed by atoms with van der Waals surface area (Å²) in [5.74, 6) is 0.0452. The fourth-order valence-electron chi connectivity index (χ4n) is 3.89. The minimum atomic E-state index is 0.0179. The number of hydrogen-bond donors (Lipinski definition) is 0. The highest BCUT2D eigenvalue weighted by Crippen LogP contribution is 2.18. The maximum Gasteiger partial charge on any atom is 0.253 e. The largest absolute Gasteiger partial charge is 0.335 e. The van der Waals surface area contributed by atoms with Gasteiger partial charge in [-0.3, -0.25) is 9.59 Å². The lowest BCUT2D eigenvalue weighted by atomic mass is 10.1. The van der Waals surface area contributed by atoms with Gasteiger partial charge in [-0.1, -0.05) is 18.2 Å². The molecule has 0 radical (unpaired) electrons. The molecule has 2 amide bonds. The maximum absolute atomic E-state index is 12.9. The topological polar surface area (TPSA) is 45.6 Å². The van der Waals surface area contributed by atoms with Crippen molar-refractivity contribution in [2.24, 2.45) is 0 Å². The van der Waals surface area contributed by atoms with Gasteiger partial charge in [-0.25, -0.2) is 0 Å². The van der Waals surface area contributed by atoms with Crippen LogP contribution < -0.4 is 0 Å². The molecule has 1 aliphatic heterocycles. The van der Waals surface area contributed by atoms with Crippen LogP contribution in [0.3, 0.4) is 0 Å². The molecule has 148 valence electrons. The Kier molecular flexibility index (Phi) is 5.21. The molecule has 3 aromatic rings. The van der Waals surface area contributed by atoms with Crippen LogP contribution in [0.2, 0.25) is 0 Å². The predicted molar refractivity (Wildman–Crippen MR) is 113 cm³/mol. The van der Waals surface area contributed by atoms with E-state index in [2.05, 4.69) is 30.5 Å². The second-order valence-corrected chi connectivity index (χ2v) is 7.45. The molecular formula is C24H25N3O2. The molecule has 0 N–H and O–H groups in total. The fraction of sp³-hybridized carbons (Fsp3) is 0.250. The van der Waals surface area contributed by atoms with E-state index >= 15 is 0 Å². The van der Waals surface area contributed by atoms with Crippen LogP contribution in [0.4, 0.5) is 0 Å². The quantitative estimate of drug-likeness (QED) is 0.688. The third kappa shape index (κ3) is 3.81. The van der Waals surface area contributed by atoms with E-state index in [1.807, 2.05) is 64.4 Å². The molecule has 2 heterocycles. The Morgan fingerprint density at radius 2 is 1.07 bits per heavy atom. The molecule has 1 aliphatic rings. The van der Waals surface area contributed by atoms with Gasteiger partial charge in [0.05, 0.1) is 0 Å². The molecule has 5 nitrogen and oxygen atoms in total. The van der Waals surface area contributed by atoms with Crippen molar-refractivity contribution in [2.75, 3.05) is 26.2 Å². The summed E-state index contributed by atoms with van der Waals surface area (Å²) in [5, 5.41) is 0. The maximum atomic E-state index is 12.9. The molecule has 0 spiro atoms. The third-order valence-electron chi connectivity index (χ3n) is 5.52. The number of nitrogens with zero attached hydrogens (tertiary/aromatic N) is 3. The van der Waals surface area contributed by atoms with Crippen molar-refractivity contribution in [2.45, 2.75) is 13.8 Å². The first-order valence-corrected chi connectivity index (χ1v) is 9.93. The molecule has 1 fully saturated rings. The average molecular weight is 387 g/mol. The van der Waals surface area contributed by atoms with Gasteiger partial charge < -0.3 is 14.4 Å². The van der Waals surface area contributed by atoms with E-state index in [4.69, 9.17) is 0 Å². The highest BCUT2D eigenvalue weighted by Gasteiger charge is 2.25. The SMILES string of the molecule is Cc1ccc(C)n1-c1ccc(C(=O)N2CCN(C(=O)c3ccccc3)CC2)cc1. The van der Waals surface area contributed by atoms with Gasteiger partial charge in [0.15, 0.2) is 0 Å². The molecule has 4 rings (SSSR count). The van der Waals surface area contributed by atoms with Gasteiger partial charge in [0.25, 0.3) is 11.8 Å². The monoisotopic (exact) mass is 387 g/mol. The van der Waals surface area contributed by atoms with Crippen molar-refractivity contribution in [1.29, 1.82) is 0 Å². The molecule has 0 aliphatic carbocycles. The summed E-state index contributed by atoms with van der Waals surface area (Å²) < 4.78 is 2.17. The highest BCUT2D eigenvalue weighted by atomic mass is 16.2. The number of carbonyl (C=O) groups excluding carboxylic acids is 2. The lowest BCUT2D eigenvalue weighted by Gasteiger charge is -2.35. The minimum Gasteiger partial charge on any atom is -0.335 e. The van der Waals surface area contributed by atoms with Crippen LogP contribution >= 0.6 is 0 Å².